The molecule has 1 aliphatic carbocycles. The molecule has 2 heterocycles. The van der Waals surface area contributed by atoms with Gasteiger partial charge in [-0.25, -0.2) is 5.43 Å². The summed E-state index contributed by atoms with van der Waals surface area (Å²) in [6, 6.07) is 11.9. The molecule has 6 heteroatoms. The number of hydrazone groups is 1. The fraction of sp³-hybridized carbons (Fsp3) is 0.250. The van der Waals surface area contributed by atoms with Gasteiger partial charge in [0.1, 0.15) is 0 Å². The molecule has 3 aromatic rings. The number of aryl methyl sites for hydroxylation is 1. The summed E-state index contributed by atoms with van der Waals surface area (Å²) in [6.07, 6.45) is 4.99. The second-order valence-corrected chi connectivity index (χ2v) is 8.50. The Bertz CT molecular complexity index is 1010. The number of carbonyl (C=O) groups is 1. The van der Waals surface area contributed by atoms with Crippen LogP contribution in [0.5, 0.6) is 0 Å². The van der Waals surface area contributed by atoms with Crippen LogP contribution in [-0.2, 0) is 6.42 Å². The van der Waals surface area contributed by atoms with Gasteiger partial charge in [0.15, 0.2) is 0 Å². The fourth-order valence-electron chi connectivity index (χ4n) is 2.86. The molecule has 0 bridgehead atoms. The third-order valence-corrected chi connectivity index (χ3v) is 6.08. The zero-order valence-electron chi connectivity index (χ0n) is 14.3. The highest BCUT2D eigenvalue weighted by Gasteiger charge is 2.27. The summed E-state index contributed by atoms with van der Waals surface area (Å²) in [5.41, 5.74) is 5.13. The Kier molecular flexibility index (Phi) is 4.87. The topological polar surface area (TPSA) is 54.4 Å². The molecule has 0 saturated heterocycles. The SMILES string of the molecule is CCc1ccc(C=NNC(=O)c2cc(C3CC3)nc3ccc(Br)cc23)s1. The number of amides is 1. The van der Waals surface area contributed by atoms with Gasteiger partial charge in [-0.3, -0.25) is 9.78 Å². The zero-order chi connectivity index (χ0) is 18.1. The van der Waals surface area contributed by atoms with E-state index in [2.05, 4.69) is 39.4 Å². The zero-order valence-corrected chi connectivity index (χ0v) is 16.7. The molecule has 1 aromatic carbocycles. The number of thiophene rings is 1. The van der Waals surface area contributed by atoms with Crippen LogP contribution in [0.3, 0.4) is 0 Å². The molecule has 1 amide bonds. The summed E-state index contributed by atoms with van der Waals surface area (Å²) in [5, 5.41) is 4.97. The number of rotatable bonds is 5. The van der Waals surface area contributed by atoms with E-state index in [4.69, 9.17) is 4.98 Å². The van der Waals surface area contributed by atoms with Crippen LogP contribution in [-0.4, -0.2) is 17.1 Å². The molecule has 1 saturated carbocycles. The molecule has 0 unspecified atom stereocenters. The molecule has 4 rings (SSSR count). The van der Waals surface area contributed by atoms with E-state index < -0.39 is 0 Å². The maximum Gasteiger partial charge on any atom is 0.272 e. The number of hydrogen-bond donors (Lipinski definition) is 1. The van der Waals surface area contributed by atoms with Crippen LogP contribution < -0.4 is 5.43 Å². The lowest BCUT2D eigenvalue weighted by molar-refractivity contribution is 0.0956. The van der Waals surface area contributed by atoms with Gasteiger partial charge in [0.2, 0.25) is 0 Å². The largest absolute Gasteiger partial charge is 0.272 e. The minimum atomic E-state index is -0.207. The van der Waals surface area contributed by atoms with Crippen LogP contribution in [0.2, 0.25) is 0 Å². The van der Waals surface area contributed by atoms with Crippen molar-refractivity contribution < 1.29 is 4.79 Å². The van der Waals surface area contributed by atoms with Crippen molar-refractivity contribution in [1.82, 2.24) is 10.4 Å². The average Bonchev–Trinajstić information content (AvgIpc) is 3.40. The second kappa shape index (κ2) is 7.29. The van der Waals surface area contributed by atoms with Gasteiger partial charge in [-0.05, 0) is 55.7 Å². The highest BCUT2D eigenvalue weighted by Crippen LogP contribution is 2.40. The van der Waals surface area contributed by atoms with Crippen molar-refractivity contribution in [3.8, 4) is 0 Å². The number of pyridine rings is 1. The monoisotopic (exact) mass is 427 g/mol. The number of aromatic nitrogens is 1. The summed E-state index contributed by atoms with van der Waals surface area (Å²) in [4.78, 5) is 19.8. The summed E-state index contributed by atoms with van der Waals surface area (Å²) >= 11 is 5.16. The van der Waals surface area contributed by atoms with Crippen molar-refractivity contribution >= 4 is 50.3 Å². The summed E-state index contributed by atoms with van der Waals surface area (Å²) < 4.78 is 0.925. The summed E-state index contributed by atoms with van der Waals surface area (Å²) in [5.74, 6) is 0.276. The van der Waals surface area contributed by atoms with E-state index in [9.17, 15) is 4.79 Å². The average molecular weight is 428 g/mol. The molecule has 2 aromatic heterocycles. The Labute approximate surface area is 164 Å². The van der Waals surface area contributed by atoms with E-state index >= 15 is 0 Å². The maximum absolute atomic E-state index is 12.8. The molecule has 0 aliphatic heterocycles. The maximum atomic E-state index is 12.8. The fourth-order valence-corrected chi connectivity index (χ4v) is 4.05. The molecular weight excluding hydrogens is 410 g/mol. The number of halogens is 1. The van der Waals surface area contributed by atoms with Crippen LogP contribution in [0.25, 0.3) is 10.9 Å². The van der Waals surface area contributed by atoms with Gasteiger partial charge in [0.05, 0.1) is 17.3 Å². The first-order valence-corrected chi connectivity index (χ1v) is 10.3. The molecule has 0 atom stereocenters. The van der Waals surface area contributed by atoms with E-state index in [0.29, 0.717) is 11.5 Å². The van der Waals surface area contributed by atoms with Crippen molar-refractivity contribution in [2.24, 2.45) is 5.10 Å². The van der Waals surface area contributed by atoms with Gasteiger partial charge in [0, 0.05) is 31.2 Å². The van der Waals surface area contributed by atoms with Gasteiger partial charge < -0.3 is 0 Å². The Morgan fingerprint density at radius 1 is 1.35 bits per heavy atom. The Morgan fingerprint density at radius 3 is 2.92 bits per heavy atom. The van der Waals surface area contributed by atoms with Crippen LogP contribution in [0.1, 0.15) is 51.5 Å². The van der Waals surface area contributed by atoms with E-state index in [-0.39, 0.29) is 5.91 Å². The molecule has 26 heavy (non-hydrogen) atoms. The molecule has 0 radical (unpaired) electrons. The van der Waals surface area contributed by atoms with Gasteiger partial charge in [-0.15, -0.1) is 11.3 Å². The lowest BCUT2D eigenvalue weighted by Crippen LogP contribution is -2.18. The quantitative estimate of drug-likeness (QED) is 0.445. The second-order valence-electron chi connectivity index (χ2n) is 6.39. The normalized spacial score (nSPS) is 14.2. The van der Waals surface area contributed by atoms with E-state index in [0.717, 1.165) is 45.2 Å². The third-order valence-electron chi connectivity index (χ3n) is 4.42. The molecule has 1 N–H and O–H groups in total. The van der Waals surface area contributed by atoms with Gasteiger partial charge >= 0.3 is 0 Å². The minimum Gasteiger partial charge on any atom is -0.267 e. The van der Waals surface area contributed by atoms with Crippen molar-refractivity contribution in [2.45, 2.75) is 32.1 Å². The lowest BCUT2D eigenvalue weighted by Gasteiger charge is -2.08. The predicted octanol–water partition coefficient (Wildman–Crippen LogP) is 5.26. The highest BCUT2D eigenvalue weighted by molar-refractivity contribution is 9.10. The van der Waals surface area contributed by atoms with Crippen molar-refractivity contribution in [3.63, 3.8) is 0 Å². The Morgan fingerprint density at radius 2 is 2.19 bits per heavy atom. The Balaban J connectivity index is 1.61. The van der Waals surface area contributed by atoms with Crippen molar-refractivity contribution in [3.05, 3.63) is 61.9 Å². The predicted molar refractivity (Wildman–Crippen MR) is 110 cm³/mol. The highest BCUT2D eigenvalue weighted by atomic mass is 79.9. The molecule has 1 fully saturated rings. The van der Waals surface area contributed by atoms with Crippen molar-refractivity contribution in [1.29, 1.82) is 0 Å². The first kappa shape index (κ1) is 17.4. The van der Waals surface area contributed by atoms with Gasteiger partial charge in [0.25, 0.3) is 5.91 Å². The number of hydrogen-bond acceptors (Lipinski definition) is 4. The van der Waals surface area contributed by atoms with Crippen LogP contribution in [0.15, 0.2) is 46.0 Å². The molecular formula is C20H18BrN3OS. The van der Waals surface area contributed by atoms with Crippen molar-refractivity contribution in [2.75, 3.05) is 0 Å². The number of nitrogens with zero attached hydrogens (tertiary/aromatic N) is 2. The third kappa shape index (κ3) is 3.71. The molecule has 0 spiro atoms. The van der Waals surface area contributed by atoms with Gasteiger partial charge in [-0.2, -0.15) is 5.10 Å². The first-order valence-electron chi connectivity index (χ1n) is 8.66. The minimum absolute atomic E-state index is 0.207. The van der Waals surface area contributed by atoms with E-state index in [1.54, 1.807) is 17.6 Å². The van der Waals surface area contributed by atoms with E-state index in [1.807, 2.05) is 30.3 Å². The molecule has 4 nitrogen and oxygen atoms in total. The lowest BCUT2D eigenvalue weighted by atomic mass is 10.1. The standard InChI is InChI=1S/C20H18BrN3OS/c1-2-14-6-7-15(26-14)11-22-24-20(25)17-10-19(12-3-4-12)23-18-8-5-13(21)9-16(17)18/h5-12H,2-4H2,1H3,(H,24,25). The molecule has 132 valence electrons. The van der Waals surface area contributed by atoms with Crippen LogP contribution in [0, 0.1) is 0 Å². The number of carbonyl (C=O) groups excluding carboxylic acids is 1. The van der Waals surface area contributed by atoms with Crippen LogP contribution in [0.4, 0.5) is 0 Å². The Hall–Kier alpha value is -2.05. The van der Waals surface area contributed by atoms with E-state index in [1.165, 1.54) is 4.88 Å². The number of fused-ring (bicyclic) bond motifs is 1. The number of benzene rings is 1. The van der Waals surface area contributed by atoms with Crippen LogP contribution >= 0.6 is 27.3 Å². The summed E-state index contributed by atoms with van der Waals surface area (Å²) in [6.45, 7) is 2.12. The summed E-state index contributed by atoms with van der Waals surface area (Å²) in [7, 11) is 0. The smallest absolute Gasteiger partial charge is 0.267 e. The molecule has 1 aliphatic rings. The first-order chi connectivity index (χ1) is 12.6. The van der Waals surface area contributed by atoms with Gasteiger partial charge in [-0.1, -0.05) is 22.9 Å². The number of nitrogens with one attached hydrogen (secondary N) is 1.